The van der Waals surface area contributed by atoms with E-state index in [1.165, 1.54) is 18.6 Å². The molecule has 130 valence electrons. The van der Waals surface area contributed by atoms with Crippen LogP contribution in [0.25, 0.3) is 16.6 Å². The van der Waals surface area contributed by atoms with Crippen LogP contribution in [0.15, 0.2) is 48.5 Å². The molecule has 0 saturated carbocycles. The van der Waals surface area contributed by atoms with Crippen molar-refractivity contribution in [1.82, 2.24) is 9.47 Å². The smallest absolute Gasteiger partial charge is 0.199 e. The number of nitrogens with zero attached hydrogens (tertiary/aromatic N) is 2. The summed E-state index contributed by atoms with van der Waals surface area (Å²) in [7, 11) is 2.14. The lowest BCUT2D eigenvalue weighted by molar-refractivity contribution is 0.191. The molecule has 1 aliphatic heterocycles. The molecule has 1 saturated heterocycles. The summed E-state index contributed by atoms with van der Waals surface area (Å²) in [5.41, 5.74) is 1.86. The second kappa shape index (κ2) is 6.70. The fraction of sp³-hybridized carbons (Fsp3) is 0.300. The summed E-state index contributed by atoms with van der Waals surface area (Å²) in [5, 5.41) is 1.69. The van der Waals surface area contributed by atoms with E-state index in [2.05, 4.69) is 11.9 Å². The molecule has 0 spiro atoms. The Morgan fingerprint density at radius 2 is 1.96 bits per heavy atom. The van der Waals surface area contributed by atoms with E-state index in [9.17, 15) is 4.39 Å². The predicted molar refractivity (Wildman–Crippen MR) is 99.4 cm³/mol. The van der Waals surface area contributed by atoms with E-state index in [1.807, 2.05) is 28.8 Å². The van der Waals surface area contributed by atoms with Crippen molar-refractivity contribution in [2.45, 2.75) is 18.9 Å². The van der Waals surface area contributed by atoms with Gasteiger partial charge in [-0.05, 0) is 68.9 Å². The molecule has 0 unspecified atom stereocenters. The SMILES string of the molecule is CN1CCC[C@H]1COc1cc2cc(Cl)ccc2n1-c1ccc(F)cc1. The molecular weight excluding hydrogens is 339 g/mol. The molecule has 3 nitrogen and oxygen atoms in total. The zero-order valence-electron chi connectivity index (χ0n) is 14.1. The molecule has 0 bridgehead atoms. The highest BCUT2D eigenvalue weighted by Crippen LogP contribution is 2.32. The third-order valence-electron chi connectivity index (χ3n) is 4.91. The van der Waals surface area contributed by atoms with E-state index in [4.69, 9.17) is 16.3 Å². The van der Waals surface area contributed by atoms with Crippen LogP contribution in [-0.2, 0) is 0 Å². The number of fused-ring (bicyclic) bond motifs is 1. The van der Waals surface area contributed by atoms with Gasteiger partial charge in [0.05, 0.1) is 5.52 Å². The van der Waals surface area contributed by atoms with Crippen LogP contribution in [0.4, 0.5) is 4.39 Å². The predicted octanol–water partition coefficient (Wildman–Crippen LogP) is 4.90. The molecule has 2 heterocycles. The minimum Gasteiger partial charge on any atom is -0.477 e. The minimum atomic E-state index is -0.252. The van der Waals surface area contributed by atoms with Gasteiger partial charge in [-0.3, -0.25) is 4.57 Å². The molecule has 1 atom stereocenters. The highest BCUT2D eigenvalue weighted by atomic mass is 35.5. The van der Waals surface area contributed by atoms with E-state index in [0.717, 1.165) is 35.4 Å². The summed E-state index contributed by atoms with van der Waals surface area (Å²) in [4.78, 5) is 2.34. The first-order chi connectivity index (χ1) is 12.1. The average molecular weight is 359 g/mol. The summed E-state index contributed by atoms with van der Waals surface area (Å²) >= 11 is 6.14. The molecule has 0 amide bonds. The molecule has 0 N–H and O–H groups in total. The van der Waals surface area contributed by atoms with Crippen LogP contribution >= 0.6 is 11.6 Å². The van der Waals surface area contributed by atoms with Crippen LogP contribution in [0.3, 0.4) is 0 Å². The van der Waals surface area contributed by atoms with Gasteiger partial charge in [0.2, 0.25) is 0 Å². The maximum atomic E-state index is 13.3. The van der Waals surface area contributed by atoms with E-state index < -0.39 is 0 Å². The van der Waals surface area contributed by atoms with Crippen molar-refractivity contribution in [3.8, 4) is 11.6 Å². The summed E-state index contributed by atoms with van der Waals surface area (Å²) < 4.78 is 21.5. The normalized spacial score (nSPS) is 18.1. The quantitative estimate of drug-likeness (QED) is 0.660. The molecule has 0 radical (unpaired) electrons. The second-order valence-corrected chi connectivity index (χ2v) is 7.02. The number of aromatic nitrogens is 1. The highest BCUT2D eigenvalue weighted by molar-refractivity contribution is 6.31. The first-order valence-electron chi connectivity index (χ1n) is 8.52. The molecular formula is C20H20ClFN2O. The second-order valence-electron chi connectivity index (χ2n) is 6.59. The van der Waals surface area contributed by atoms with Crippen molar-refractivity contribution < 1.29 is 9.13 Å². The fourth-order valence-electron chi connectivity index (χ4n) is 3.50. The summed E-state index contributed by atoms with van der Waals surface area (Å²) in [6.45, 7) is 1.76. The lowest BCUT2D eigenvalue weighted by atomic mass is 10.2. The van der Waals surface area contributed by atoms with Crippen LogP contribution in [0, 0.1) is 5.82 Å². The van der Waals surface area contributed by atoms with Gasteiger partial charge in [-0.25, -0.2) is 4.39 Å². The first kappa shape index (κ1) is 16.4. The Bertz CT molecular complexity index is 891. The van der Waals surface area contributed by atoms with Gasteiger partial charge >= 0.3 is 0 Å². The molecule has 1 aromatic heterocycles. The number of hydrogen-bond acceptors (Lipinski definition) is 2. The first-order valence-corrected chi connectivity index (χ1v) is 8.89. The number of rotatable bonds is 4. The molecule has 25 heavy (non-hydrogen) atoms. The van der Waals surface area contributed by atoms with Crippen LogP contribution in [-0.4, -0.2) is 35.7 Å². The van der Waals surface area contributed by atoms with Gasteiger partial charge in [-0.1, -0.05) is 11.6 Å². The molecule has 4 rings (SSSR count). The van der Waals surface area contributed by atoms with Crippen molar-refractivity contribution >= 4 is 22.5 Å². The highest BCUT2D eigenvalue weighted by Gasteiger charge is 2.22. The summed E-state index contributed by atoms with van der Waals surface area (Å²) in [5.74, 6) is 0.502. The van der Waals surface area contributed by atoms with Gasteiger partial charge in [0.15, 0.2) is 5.88 Å². The Morgan fingerprint density at radius 1 is 1.16 bits per heavy atom. The monoisotopic (exact) mass is 358 g/mol. The number of hydrogen-bond donors (Lipinski definition) is 0. The van der Waals surface area contributed by atoms with Crippen molar-refractivity contribution in [3.63, 3.8) is 0 Å². The number of benzene rings is 2. The third-order valence-corrected chi connectivity index (χ3v) is 5.14. The lowest BCUT2D eigenvalue weighted by Crippen LogP contribution is -2.30. The zero-order chi connectivity index (χ0) is 17.4. The van der Waals surface area contributed by atoms with Crippen molar-refractivity contribution in [3.05, 3.63) is 59.4 Å². The lowest BCUT2D eigenvalue weighted by Gasteiger charge is -2.20. The largest absolute Gasteiger partial charge is 0.477 e. The van der Waals surface area contributed by atoms with Crippen LogP contribution in [0.5, 0.6) is 5.88 Å². The van der Waals surface area contributed by atoms with E-state index in [0.29, 0.717) is 17.7 Å². The Balaban J connectivity index is 1.73. The van der Waals surface area contributed by atoms with E-state index in [1.54, 1.807) is 12.1 Å². The number of ether oxygens (including phenoxy) is 1. The van der Waals surface area contributed by atoms with Gasteiger partial charge in [0, 0.05) is 28.2 Å². The Labute approximate surface area is 151 Å². The van der Waals surface area contributed by atoms with E-state index in [-0.39, 0.29) is 5.82 Å². The van der Waals surface area contributed by atoms with Crippen molar-refractivity contribution in [1.29, 1.82) is 0 Å². The molecule has 5 heteroatoms. The summed E-state index contributed by atoms with van der Waals surface area (Å²) in [6, 6.07) is 14.6. The van der Waals surface area contributed by atoms with E-state index >= 15 is 0 Å². The minimum absolute atomic E-state index is 0.252. The third kappa shape index (κ3) is 3.24. The molecule has 1 fully saturated rings. The molecule has 1 aliphatic rings. The molecule has 2 aromatic carbocycles. The van der Waals surface area contributed by atoms with Gasteiger partial charge < -0.3 is 9.64 Å². The number of likely N-dealkylation sites (tertiary alicyclic amines) is 1. The van der Waals surface area contributed by atoms with Crippen molar-refractivity contribution in [2.75, 3.05) is 20.2 Å². The van der Waals surface area contributed by atoms with Gasteiger partial charge in [0.1, 0.15) is 12.4 Å². The van der Waals surface area contributed by atoms with Gasteiger partial charge in [-0.2, -0.15) is 0 Å². The topological polar surface area (TPSA) is 17.4 Å². The van der Waals surface area contributed by atoms with Gasteiger partial charge in [-0.15, -0.1) is 0 Å². The number of likely N-dealkylation sites (N-methyl/N-ethyl adjacent to an activating group) is 1. The van der Waals surface area contributed by atoms with Gasteiger partial charge in [0.25, 0.3) is 0 Å². The zero-order valence-corrected chi connectivity index (χ0v) is 14.8. The van der Waals surface area contributed by atoms with Crippen LogP contribution in [0.1, 0.15) is 12.8 Å². The fourth-order valence-corrected chi connectivity index (χ4v) is 3.68. The molecule has 3 aromatic rings. The Morgan fingerprint density at radius 3 is 2.68 bits per heavy atom. The standard InChI is InChI=1S/C20H20ClFN2O/c1-23-10-2-3-18(23)13-25-20-12-14-11-15(21)4-9-19(14)24(20)17-7-5-16(22)6-8-17/h4-9,11-12,18H,2-3,10,13H2,1H3/t18-/m0/s1. The number of halogens is 2. The van der Waals surface area contributed by atoms with Crippen LogP contribution in [0.2, 0.25) is 5.02 Å². The summed E-state index contributed by atoms with van der Waals surface area (Å²) in [6.07, 6.45) is 2.36. The maximum absolute atomic E-state index is 13.3. The Kier molecular flexibility index (Phi) is 4.40. The molecule has 0 aliphatic carbocycles. The Hall–Kier alpha value is -2.04. The average Bonchev–Trinajstić information content (AvgIpc) is 3.16. The van der Waals surface area contributed by atoms with Crippen LogP contribution < -0.4 is 4.74 Å². The van der Waals surface area contributed by atoms with Crippen molar-refractivity contribution in [2.24, 2.45) is 0 Å². The maximum Gasteiger partial charge on any atom is 0.199 e.